The van der Waals surface area contributed by atoms with Crippen LogP contribution in [-0.4, -0.2) is 52.6 Å². The van der Waals surface area contributed by atoms with Crippen LogP contribution >= 0.6 is 15.9 Å². The Balaban J connectivity index is 1.48. The van der Waals surface area contributed by atoms with E-state index in [1.807, 2.05) is 0 Å². The van der Waals surface area contributed by atoms with Crippen molar-refractivity contribution in [3.8, 4) is 0 Å². The van der Waals surface area contributed by atoms with Crippen LogP contribution in [0.4, 0.5) is 11.4 Å². The zero-order valence-corrected chi connectivity index (χ0v) is 17.5. The molecule has 0 atom stereocenters. The van der Waals surface area contributed by atoms with E-state index in [1.54, 1.807) is 0 Å². The van der Waals surface area contributed by atoms with Gasteiger partial charge in [-0.3, -0.25) is 0 Å². The van der Waals surface area contributed by atoms with E-state index in [-0.39, 0.29) is 0 Å². The summed E-state index contributed by atoms with van der Waals surface area (Å²) in [6, 6.07) is 13.6. The average Bonchev–Trinajstić information content (AvgIpc) is 2.72. The first-order valence-corrected chi connectivity index (χ1v) is 10.5. The predicted octanol–water partition coefficient (Wildman–Crippen LogP) is 4.02. The molecule has 0 bridgehead atoms. The molecule has 4 rings (SSSR count). The van der Waals surface area contributed by atoms with Gasteiger partial charge in [0.05, 0.1) is 26.4 Å². The maximum Gasteiger partial charge on any atom is 0.0642 e. The van der Waals surface area contributed by atoms with E-state index in [2.05, 4.69) is 69.1 Å². The summed E-state index contributed by atoms with van der Waals surface area (Å²) in [7, 11) is 0. The highest BCUT2D eigenvalue weighted by Crippen LogP contribution is 2.28. The third kappa shape index (κ3) is 4.48. The van der Waals surface area contributed by atoms with Crippen LogP contribution in [-0.2, 0) is 15.9 Å². The van der Waals surface area contributed by atoms with Crippen molar-refractivity contribution in [2.75, 3.05) is 62.4 Å². The minimum atomic E-state index is 0.814. The van der Waals surface area contributed by atoms with Gasteiger partial charge in [0.25, 0.3) is 0 Å². The normalized spacial score (nSPS) is 18.0. The number of benzene rings is 2. The molecular weight excluding hydrogens is 404 g/mol. The number of rotatable bonds is 4. The second kappa shape index (κ2) is 8.63. The first kappa shape index (κ1) is 18.8. The van der Waals surface area contributed by atoms with Gasteiger partial charge in [-0.2, -0.15) is 0 Å². The number of morpholine rings is 2. The van der Waals surface area contributed by atoms with E-state index >= 15 is 0 Å². The van der Waals surface area contributed by atoms with Gasteiger partial charge in [-0.1, -0.05) is 28.1 Å². The Hall–Kier alpha value is -1.56. The largest absolute Gasteiger partial charge is 0.378 e. The van der Waals surface area contributed by atoms with Crippen LogP contribution in [0.25, 0.3) is 0 Å². The number of aryl methyl sites for hydroxylation is 1. The van der Waals surface area contributed by atoms with Crippen molar-refractivity contribution in [3.05, 3.63) is 57.6 Å². The third-order valence-electron chi connectivity index (χ3n) is 5.50. The highest BCUT2D eigenvalue weighted by molar-refractivity contribution is 9.10. The smallest absolute Gasteiger partial charge is 0.0642 e. The van der Waals surface area contributed by atoms with Crippen molar-refractivity contribution in [3.63, 3.8) is 0 Å². The van der Waals surface area contributed by atoms with Crippen molar-refractivity contribution in [2.45, 2.75) is 13.3 Å². The summed E-state index contributed by atoms with van der Waals surface area (Å²) in [5, 5.41) is 0. The molecule has 4 nitrogen and oxygen atoms in total. The molecule has 144 valence electrons. The van der Waals surface area contributed by atoms with Crippen LogP contribution < -0.4 is 9.80 Å². The number of halogens is 1. The first-order chi connectivity index (χ1) is 13.2. The molecule has 0 amide bonds. The number of hydrogen-bond acceptors (Lipinski definition) is 4. The molecule has 0 spiro atoms. The van der Waals surface area contributed by atoms with Crippen molar-refractivity contribution in [1.82, 2.24) is 0 Å². The number of nitrogens with zero attached hydrogens (tertiary/aromatic N) is 2. The van der Waals surface area contributed by atoms with Gasteiger partial charge >= 0.3 is 0 Å². The molecule has 2 aromatic carbocycles. The molecule has 0 saturated carbocycles. The van der Waals surface area contributed by atoms with E-state index in [0.29, 0.717) is 0 Å². The third-order valence-corrected chi connectivity index (χ3v) is 6.23. The second-order valence-electron chi connectivity index (χ2n) is 7.26. The lowest BCUT2D eigenvalue weighted by Gasteiger charge is -2.29. The van der Waals surface area contributed by atoms with E-state index < -0.39 is 0 Å². The summed E-state index contributed by atoms with van der Waals surface area (Å²) in [5.74, 6) is 0. The van der Waals surface area contributed by atoms with Crippen molar-refractivity contribution >= 4 is 27.3 Å². The highest BCUT2D eigenvalue weighted by atomic mass is 79.9. The van der Waals surface area contributed by atoms with E-state index in [0.717, 1.165) is 59.0 Å². The summed E-state index contributed by atoms with van der Waals surface area (Å²) >= 11 is 3.79. The van der Waals surface area contributed by atoms with E-state index in [1.165, 1.54) is 32.5 Å². The van der Waals surface area contributed by atoms with Crippen LogP contribution in [0.2, 0.25) is 0 Å². The van der Waals surface area contributed by atoms with Gasteiger partial charge in [0, 0.05) is 42.0 Å². The number of hydrogen-bond donors (Lipinski definition) is 0. The zero-order chi connectivity index (χ0) is 18.6. The van der Waals surface area contributed by atoms with Crippen LogP contribution in [0, 0.1) is 6.92 Å². The Morgan fingerprint density at radius 2 is 1.30 bits per heavy atom. The molecule has 0 unspecified atom stereocenters. The SMILES string of the molecule is Cc1cc(N2CCOCC2)ccc1Cc1ccc(N2CCOCC2)cc1Br. The van der Waals surface area contributed by atoms with Crippen LogP contribution in [0.15, 0.2) is 40.9 Å². The fourth-order valence-electron chi connectivity index (χ4n) is 3.80. The lowest BCUT2D eigenvalue weighted by molar-refractivity contribution is 0.122. The summed E-state index contributed by atoms with van der Waals surface area (Å²) in [4.78, 5) is 4.80. The monoisotopic (exact) mass is 430 g/mol. The lowest BCUT2D eigenvalue weighted by Crippen LogP contribution is -2.36. The molecule has 2 fully saturated rings. The van der Waals surface area contributed by atoms with Gasteiger partial charge in [-0.05, 0) is 54.3 Å². The maximum absolute atomic E-state index is 5.46. The second-order valence-corrected chi connectivity index (χ2v) is 8.12. The number of anilines is 2. The van der Waals surface area contributed by atoms with Crippen molar-refractivity contribution < 1.29 is 9.47 Å². The van der Waals surface area contributed by atoms with Gasteiger partial charge in [-0.25, -0.2) is 0 Å². The van der Waals surface area contributed by atoms with Crippen LogP contribution in [0.5, 0.6) is 0 Å². The van der Waals surface area contributed by atoms with Crippen molar-refractivity contribution in [2.24, 2.45) is 0 Å². The Kier molecular flexibility index (Phi) is 6.01. The summed E-state index contributed by atoms with van der Waals surface area (Å²) < 4.78 is 12.1. The highest BCUT2D eigenvalue weighted by Gasteiger charge is 2.14. The topological polar surface area (TPSA) is 24.9 Å². The molecule has 0 N–H and O–H groups in total. The minimum Gasteiger partial charge on any atom is -0.378 e. The molecule has 0 aliphatic carbocycles. The zero-order valence-electron chi connectivity index (χ0n) is 15.9. The molecule has 0 radical (unpaired) electrons. The molecule has 2 aliphatic heterocycles. The standard InChI is InChI=1S/C22H27BrN2O2/c1-17-14-20(24-6-10-26-11-7-24)4-2-18(17)15-19-3-5-21(16-22(19)23)25-8-12-27-13-9-25/h2-5,14,16H,6-13,15H2,1H3. The molecule has 0 aromatic heterocycles. The fraction of sp³-hybridized carbons (Fsp3) is 0.455. The molecule has 2 aromatic rings. The van der Waals surface area contributed by atoms with Gasteiger partial charge in [0.2, 0.25) is 0 Å². The first-order valence-electron chi connectivity index (χ1n) is 9.74. The summed E-state index contributed by atoms with van der Waals surface area (Å²) in [5.41, 5.74) is 6.64. The Bertz CT molecular complexity index is 718. The molecule has 27 heavy (non-hydrogen) atoms. The predicted molar refractivity (Wildman–Crippen MR) is 114 cm³/mol. The summed E-state index contributed by atoms with van der Waals surface area (Å²) in [6.45, 7) is 9.38. The Morgan fingerprint density at radius 1 is 0.778 bits per heavy atom. The van der Waals surface area contributed by atoms with E-state index in [4.69, 9.17) is 9.47 Å². The van der Waals surface area contributed by atoms with Gasteiger partial charge in [0.1, 0.15) is 0 Å². The van der Waals surface area contributed by atoms with Gasteiger partial charge < -0.3 is 19.3 Å². The minimum absolute atomic E-state index is 0.814. The van der Waals surface area contributed by atoms with Crippen molar-refractivity contribution in [1.29, 1.82) is 0 Å². The average molecular weight is 431 g/mol. The molecule has 2 aliphatic rings. The number of ether oxygens (including phenoxy) is 2. The lowest BCUT2D eigenvalue weighted by atomic mass is 9.99. The molecule has 5 heteroatoms. The van der Waals surface area contributed by atoms with E-state index in [9.17, 15) is 0 Å². The molecule has 2 heterocycles. The Morgan fingerprint density at radius 3 is 1.81 bits per heavy atom. The molecular formula is C22H27BrN2O2. The summed E-state index contributed by atoms with van der Waals surface area (Å²) in [6.07, 6.45) is 0.944. The van der Waals surface area contributed by atoms with Crippen LogP contribution in [0.1, 0.15) is 16.7 Å². The van der Waals surface area contributed by atoms with Crippen LogP contribution in [0.3, 0.4) is 0 Å². The van der Waals surface area contributed by atoms with Gasteiger partial charge in [-0.15, -0.1) is 0 Å². The Labute approximate surface area is 170 Å². The fourth-order valence-corrected chi connectivity index (χ4v) is 4.31. The molecule has 2 saturated heterocycles. The maximum atomic E-state index is 5.46. The quantitative estimate of drug-likeness (QED) is 0.730. The van der Waals surface area contributed by atoms with Gasteiger partial charge in [0.15, 0.2) is 0 Å².